The normalized spacial score (nSPS) is 16.3. The van der Waals surface area contributed by atoms with Crippen molar-refractivity contribution in [3.05, 3.63) is 35.9 Å². The molecule has 1 N–H and O–H groups in total. The molecule has 0 amide bonds. The van der Waals surface area contributed by atoms with E-state index in [1.807, 2.05) is 18.2 Å². The molecule has 3 rings (SSSR count). The summed E-state index contributed by atoms with van der Waals surface area (Å²) in [7, 11) is -4.26. The number of rotatable bonds is 6. The van der Waals surface area contributed by atoms with Crippen LogP contribution in [0.5, 0.6) is 0 Å². The minimum Gasteiger partial charge on any atom is -0.282 e. The smallest absolute Gasteiger partial charge is 0.282 e. The third-order valence-corrected chi connectivity index (χ3v) is 6.99. The van der Waals surface area contributed by atoms with Gasteiger partial charge in [-0.25, -0.2) is 0 Å². The van der Waals surface area contributed by atoms with E-state index in [9.17, 15) is 13.0 Å². The SMILES string of the molecule is CC1=[N+](CCCCCBr)c2ccc3c(S(=O)(=O)O)cccc3c2C1(C)C. The molecule has 140 valence electrons. The van der Waals surface area contributed by atoms with Crippen LogP contribution in [0.15, 0.2) is 35.2 Å². The van der Waals surface area contributed by atoms with Gasteiger partial charge in [-0.05, 0) is 44.2 Å². The second-order valence-corrected chi connectivity index (χ2v) is 9.58. The van der Waals surface area contributed by atoms with Crippen LogP contribution in [-0.2, 0) is 15.5 Å². The summed E-state index contributed by atoms with van der Waals surface area (Å²) in [5, 5.41) is 2.50. The van der Waals surface area contributed by atoms with Gasteiger partial charge in [0, 0.05) is 35.7 Å². The van der Waals surface area contributed by atoms with Gasteiger partial charge >= 0.3 is 0 Å². The molecule has 0 spiro atoms. The minimum atomic E-state index is -4.26. The summed E-state index contributed by atoms with van der Waals surface area (Å²) in [6, 6.07) is 8.93. The fourth-order valence-corrected chi connectivity index (χ4v) is 5.06. The maximum absolute atomic E-state index is 11.8. The van der Waals surface area contributed by atoms with Crippen molar-refractivity contribution in [3.63, 3.8) is 0 Å². The lowest BCUT2D eigenvalue weighted by molar-refractivity contribution is -0.439. The van der Waals surface area contributed by atoms with E-state index >= 15 is 0 Å². The van der Waals surface area contributed by atoms with E-state index in [1.165, 1.54) is 24.6 Å². The van der Waals surface area contributed by atoms with Crippen molar-refractivity contribution in [3.8, 4) is 0 Å². The Balaban J connectivity index is 2.16. The van der Waals surface area contributed by atoms with Crippen LogP contribution in [0.3, 0.4) is 0 Å². The van der Waals surface area contributed by atoms with Crippen LogP contribution in [0.4, 0.5) is 5.69 Å². The van der Waals surface area contributed by atoms with E-state index in [-0.39, 0.29) is 10.3 Å². The first-order chi connectivity index (χ1) is 12.2. The molecular formula is C20H25BrNO3S+. The topological polar surface area (TPSA) is 57.4 Å². The zero-order chi connectivity index (χ0) is 19.1. The van der Waals surface area contributed by atoms with E-state index < -0.39 is 10.1 Å². The number of hydrogen-bond donors (Lipinski definition) is 1. The molecule has 2 aromatic carbocycles. The van der Waals surface area contributed by atoms with Crippen molar-refractivity contribution in [2.45, 2.75) is 50.3 Å². The summed E-state index contributed by atoms with van der Waals surface area (Å²) >= 11 is 3.48. The van der Waals surface area contributed by atoms with Gasteiger partial charge in [0.2, 0.25) is 5.69 Å². The third kappa shape index (κ3) is 3.23. The summed E-state index contributed by atoms with van der Waals surface area (Å²) in [5.41, 5.74) is 3.36. The van der Waals surface area contributed by atoms with Gasteiger partial charge in [0.25, 0.3) is 10.1 Å². The Kier molecular flexibility index (Phi) is 5.30. The van der Waals surface area contributed by atoms with Crippen LogP contribution in [-0.4, -0.2) is 35.1 Å². The maximum atomic E-state index is 11.8. The van der Waals surface area contributed by atoms with Crippen molar-refractivity contribution >= 4 is 48.2 Å². The van der Waals surface area contributed by atoms with Gasteiger partial charge in [0.15, 0.2) is 5.71 Å². The molecule has 6 heteroatoms. The lowest BCUT2D eigenvalue weighted by atomic mass is 9.80. The number of hydrogen-bond acceptors (Lipinski definition) is 2. The molecule has 1 aliphatic heterocycles. The standard InChI is InChI=1S/C20H24BrNO3S/c1-14-20(2,3)19-16-8-7-9-18(26(23,24)25)15(16)10-11-17(19)22(14)13-6-4-5-12-21/h7-11H,4-6,12-13H2,1-3H3/p+1. The number of fused-ring (bicyclic) bond motifs is 3. The molecule has 0 saturated carbocycles. The summed E-state index contributed by atoms with van der Waals surface area (Å²) < 4.78 is 35.5. The van der Waals surface area contributed by atoms with Crippen molar-refractivity contribution in [2.24, 2.45) is 0 Å². The highest BCUT2D eigenvalue weighted by Gasteiger charge is 2.44. The van der Waals surface area contributed by atoms with Crippen molar-refractivity contribution < 1.29 is 17.5 Å². The largest absolute Gasteiger partial charge is 0.295 e. The Hall–Kier alpha value is -1.24. The van der Waals surface area contributed by atoms with Gasteiger partial charge in [0.1, 0.15) is 11.4 Å². The fraction of sp³-hybridized carbons (Fsp3) is 0.450. The lowest BCUT2D eigenvalue weighted by Gasteiger charge is -2.17. The predicted molar refractivity (Wildman–Crippen MR) is 110 cm³/mol. The van der Waals surface area contributed by atoms with E-state index in [2.05, 4.69) is 41.3 Å². The molecule has 0 bridgehead atoms. The Morgan fingerprint density at radius 2 is 1.81 bits per heavy atom. The van der Waals surface area contributed by atoms with Crippen molar-refractivity contribution in [1.82, 2.24) is 0 Å². The number of alkyl halides is 1. The molecule has 4 nitrogen and oxygen atoms in total. The van der Waals surface area contributed by atoms with Crippen LogP contribution >= 0.6 is 15.9 Å². The molecule has 0 aromatic heterocycles. The first-order valence-electron chi connectivity index (χ1n) is 8.91. The van der Waals surface area contributed by atoms with Gasteiger partial charge in [-0.2, -0.15) is 13.0 Å². The number of nitrogens with zero attached hydrogens (tertiary/aromatic N) is 1. The summed E-state index contributed by atoms with van der Waals surface area (Å²) in [6.07, 6.45) is 3.45. The summed E-state index contributed by atoms with van der Waals surface area (Å²) in [4.78, 5) is -0.0259. The second-order valence-electron chi connectivity index (χ2n) is 7.40. The van der Waals surface area contributed by atoms with Gasteiger partial charge in [0.05, 0.1) is 5.41 Å². The number of halogens is 1. The Morgan fingerprint density at radius 1 is 1.08 bits per heavy atom. The quantitative estimate of drug-likeness (QED) is 0.297. The predicted octanol–water partition coefficient (Wildman–Crippen LogP) is 5.05. The molecule has 26 heavy (non-hydrogen) atoms. The zero-order valence-electron chi connectivity index (χ0n) is 15.4. The lowest BCUT2D eigenvalue weighted by Crippen LogP contribution is -2.27. The van der Waals surface area contributed by atoms with Gasteiger partial charge in [-0.3, -0.25) is 4.55 Å². The van der Waals surface area contributed by atoms with Crippen molar-refractivity contribution in [1.29, 1.82) is 0 Å². The molecule has 0 aliphatic carbocycles. The molecule has 0 fully saturated rings. The highest BCUT2D eigenvalue weighted by Crippen LogP contribution is 2.44. The molecule has 0 atom stereocenters. The fourth-order valence-electron chi connectivity index (χ4n) is 3.95. The maximum Gasteiger partial charge on any atom is 0.295 e. The molecule has 1 heterocycles. The monoisotopic (exact) mass is 438 g/mol. The van der Waals surface area contributed by atoms with E-state index in [4.69, 9.17) is 0 Å². The molecule has 0 radical (unpaired) electrons. The first-order valence-corrected chi connectivity index (χ1v) is 11.5. The zero-order valence-corrected chi connectivity index (χ0v) is 17.8. The van der Waals surface area contributed by atoms with Gasteiger partial charge < -0.3 is 0 Å². The van der Waals surface area contributed by atoms with Crippen LogP contribution < -0.4 is 0 Å². The summed E-state index contributed by atoms with van der Waals surface area (Å²) in [5.74, 6) is 0. The average Bonchev–Trinajstić information content (AvgIpc) is 2.77. The minimum absolute atomic E-state index is 0.0259. The molecular weight excluding hydrogens is 414 g/mol. The first kappa shape index (κ1) is 19.5. The van der Waals surface area contributed by atoms with Crippen LogP contribution in [0, 0.1) is 0 Å². The van der Waals surface area contributed by atoms with Gasteiger partial charge in [-0.15, -0.1) is 0 Å². The van der Waals surface area contributed by atoms with E-state index in [0.717, 1.165) is 34.9 Å². The highest BCUT2D eigenvalue weighted by molar-refractivity contribution is 9.09. The van der Waals surface area contributed by atoms with Crippen LogP contribution in [0.25, 0.3) is 10.8 Å². The van der Waals surface area contributed by atoms with Gasteiger partial charge in [-0.1, -0.05) is 28.1 Å². The summed E-state index contributed by atoms with van der Waals surface area (Å²) in [6.45, 7) is 7.47. The molecule has 1 aliphatic rings. The third-order valence-electron chi connectivity index (χ3n) is 5.52. The number of benzene rings is 2. The Morgan fingerprint density at radius 3 is 2.46 bits per heavy atom. The molecule has 0 unspecified atom stereocenters. The van der Waals surface area contributed by atoms with Crippen LogP contribution in [0.2, 0.25) is 0 Å². The second kappa shape index (κ2) is 7.06. The Labute approximate surface area is 163 Å². The molecule has 0 saturated heterocycles. The highest BCUT2D eigenvalue weighted by atomic mass is 79.9. The average molecular weight is 439 g/mol. The molecule has 2 aromatic rings. The number of unbranched alkanes of at least 4 members (excludes halogenated alkanes) is 2. The van der Waals surface area contributed by atoms with Crippen LogP contribution in [0.1, 0.15) is 45.6 Å². The van der Waals surface area contributed by atoms with E-state index in [0.29, 0.717) is 5.39 Å². The Bertz CT molecular complexity index is 994. The van der Waals surface area contributed by atoms with Crippen molar-refractivity contribution in [2.75, 3.05) is 11.9 Å². The van der Waals surface area contributed by atoms with E-state index in [1.54, 1.807) is 6.07 Å².